The standard InChI is InChI=1S/C25H36N4O4/c1-31-21-16-20(17-22(32-2)23(21)33-3)25(24(26)30,10-4-18-5-11-27-12-6-18)29-15-9-19-7-13-28-14-8-19/h5-6,11-12,16-17,19,28-29H,4,7-10,13-15H2,1-3H3,(H2,26,30). The second-order valence-electron chi connectivity index (χ2n) is 8.45. The van der Waals surface area contributed by atoms with Gasteiger partial charge in [-0.15, -0.1) is 0 Å². The minimum absolute atomic E-state index is 0.434. The van der Waals surface area contributed by atoms with E-state index in [2.05, 4.69) is 15.6 Å². The van der Waals surface area contributed by atoms with Crippen molar-refractivity contribution in [2.45, 2.75) is 37.6 Å². The van der Waals surface area contributed by atoms with E-state index in [0.29, 0.717) is 48.1 Å². The number of nitrogens with two attached hydrogens (primary N) is 1. The summed E-state index contributed by atoms with van der Waals surface area (Å²) < 4.78 is 16.6. The number of methoxy groups -OCH3 is 3. The summed E-state index contributed by atoms with van der Waals surface area (Å²) in [6, 6.07) is 7.54. The Morgan fingerprint density at radius 1 is 1.12 bits per heavy atom. The molecule has 1 fully saturated rings. The number of aryl methyl sites for hydroxylation is 1. The van der Waals surface area contributed by atoms with Crippen LogP contribution in [0.5, 0.6) is 17.2 Å². The van der Waals surface area contributed by atoms with Crippen LogP contribution in [0, 0.1) is 5.92 Å². The van der Waals surface area contributed by atoms with Gasteiger partial charge in [0.05, 0.1) is 21.3 Å². The summed E-state index contributed by atoms with van der Waals surface area (Å²) >= 11 is 0. The fourth-order valence-electron chi connectivity index (χ4n) is 4.56. The van der Waals surface area contributed by atoms with Crippen molar-refractivity contribution in [1.82, 2.24) is 15.6 Å². The third-order valence-corrected chi connectivity index (χ3v) is 6.55. The van der Waals surface area contributed by atoms with Gasteiger partial charge in [-0.3, -0.25) is 15.1 Å². The zero-order valence-electron chi connectivity index (χ0n) is 19.9. The van der Waals surface area contributed by atoms with Gasteiger partial charge in [-0.1, -0.05) is 0 Å². The third-order valence-electron chi connectivity index (χ3n) is 6.55. The van der Waals surface area contributed by atoms with Crippen molar-refractivity contribution in [2.75, 3.05) is 41.0 Å². The number of aromatic nitrogens is 1. The summed E-state index contributed by atoms with van der Waals surface area (Å²) in [6.07, 6.45) is 7.92. The predicted octanol–water partition coefficient (Wildman–Crippen LogP) is 2.40. The number of hydrogen-bond donors (Lipinski definition) is 3. The molecule has 2 heterocycles. The van der Waals surface area contributed by atoms with Gasteiger partial charge < -0.3 is 25.3 Å². The van der Waals surface area contributed by atoms with Crippen molar-refractivity contribution in [3.63, 3.8) is 0 Å². The number of nitrogens with zero attached hydrogens (tertiary/aromatic N) is 1. The molecule has 1 atom stereocenters. The Hall–Kier alpha value is -2.84. The molecule has 1 aliphatic rings. The number of amides is 1. The predicted molar refractivity (Wildman–Crippen MR) is 128 cm³/mol. The van der Waals surface area contributed by atoms with E-state index in [-0.39, 0.29) is 0 Å². The lowest BCUT2D eigenvalue weighted by atomic mass is 9.82. The molecule has 0 aliphatic carbocycles. The van der Waals surface area contributed by atoms with E-state index in [1.54, 1.807) is 33.7 Å². The highest BCUT2D eigenvalue weighted by Gasteiger charge is 2.39. The Morgan fingerprint density at radius 2 is 1.76 bits per heavy atom. The highest BCUT2D eigenvalue weighted by atomic mass is 16.5. The van der Waals surface area contributed by atoms with Crippen LogP contribution in [0.3, 0.4) is 0 Å². The molecule has 1 aliphatic heterocycles. The smallest absolute Gasteiger partial charge is 0.242 e. The Labute approximate surface area is 196 Å². The van der Waals surface area contributed by atoms with E-state index >= 15 is 0 Å². The first-order chi connectivity index (χ1) is 16.0. The van der Waals surface area contributed by atoms with Gasteiger partial charge in [-0.25, -0.2) is 0 Å². The SMILES string of the molecule is COc1cc(C(CCc2ccncc2)(NCCC2CCNCC2)C(N)=O)cc(OC)c1OC. The van der Waals surface area contributed by atoms with E-state index in [9.17, 15) is 4.79 Å². The van der Waals surface area contributed by atoms with Crippen LogP contribution in [0.15, 0.2) is 36.7 Å². The summed E-state index contributed by atoms with van der Waals surface area (Å²) in [5.41, 5.74) is 6.79. The lowest BCUT2D eigenvalue weighted by molar-refractivity contribution is -0.125. The number of pyridine rings is 1. The zero-order chi connectivity index (χ0) is 23.7. The largest absolute Gasteiger partial charge is 0.493 e. The number of nitrogens with one attached hydrogen (secondary N) is 2. The van der Waals surface area contributed by atoms with Gasteiger partial charge in [-0.2, -0.15) is 0 Å². The lowest BCUT2D eigenvalue weighted by Crippen LogP contribution is -2.53. The van der Waals surface area contributed by atoms with Crippen molar-refractivity contribution in [2.24, 2.45) is 11.7 Å². The van der Waals surface area contributed by atoms with E-state index < -0.39 is 11.4 Å². The normalized spacial score (nSPS) is 16.1. The molecule has 33 heavy (non-hydrogen) atoms. The number of primary amides is 1. The lowest BCUT2D eigenvalue weighted by Gasteiger charge is -2.34. The quantitative estimate of drug-likeness (QED) is 0.450. The Bertz CT molecular complexity index is 878. The van der Waals surface area contributed by atoms with Crippen LogP contribution in [0.2, 0.25) is 0 Å². The highest BCUT2D eigenvalue weighted by Crippen LogP contribution is 2.42. The molecule has 1 aromatic heterocycles. The Balaban J connectivity index is 1.95. The molecule has 8 nitrogen and oxygen atoms in total. The van der Waals surface area contributed by atoms with Crippen LogP contribution in [0.1, 0.15) is 36.8 Å². The van der Waals surface area contributed by atoms with E-state index in [1.165, 1.54) is 0 Å². The van der Waals surface area contributed by atoms with E-state index in [0.717, 1.165) is 37.9 Å². The molecular formula is C25H36N4O4. The van der Waals surface area contributed by atoms with Gasteiger partial charge in [0.25, 0.3) is 0 Å². The van der Waals surface area contributed by atoms with Crippen LogP contribution in [-0.2, 0) is 16.8 Å². The first kappa shape index (κ1) is 24.8. The maximum Gasteiger partial charge on any atom is 0.242 e. The maximum atomic E-state index is 13.1. The second-order valence-corrected chi connectivity index (χ2v) is 8.45. The molecule has 0 spiro atoms. The van der Waals surface area contributed by atoms with Crippen molar-refractivity contribution in [3.8, 4) is 17.2 Å². The summed E-state index contributed by atoms with van der Waals surface area (Å²) in [5, 5.41) is 6.94. The molecule has 180 valence electrons. The van der Waals surface area contributed by atoms with Crippen molar-refractivity contribution in [3.05, 3.63) is 47.8 Å². The van der Waals surface area contributed by atoms with E-state index in [4.69, 9.17) is 19.9 Å². The van der Waals surface area contributed by atoms with Crippen LogP contribution < -0.4 is 30.6 Å². The van der Waals surface area contributed by atoms with Gasteiger partial charge in [0.1, 0.15) is 5.54 Å². The third kappa shape index (κ3) is 5.94. The summed E-state index contributed by atoms with van der Waals surface area (Å²) in [4.78, 5) is 17.2. The molecule has 4 N–H and O–H groups in total. The average Bonchev–Trinajstić information content (AvgIpc) is 2.86. The first-order valence-electron chi connectivity index (χ1n) is 11.5. The molecular weight excluding hydrogens is 420 g/mol. The Kier molecular flexibility index (Phi) is 8.91. The number of ether oxygens (including phenoxy) is 3. The highest BCUT2D eigenvalue weighted by molar-refractivity contribution is 5.87. The monoisotopic (exact) mass is 456 g/mol. The number of rotatable bonds is 12. The molecule has 1 amide bonds. The zero-order valence-corrected chi connectivity index (χ0v) is 19.9. The molecule has 1 unspecified atom stereocenters. The van der Waals surface area contributed by atoms with Gasteiger partial charge >= 0.3 is 0 Å². The summed E-state index contributed by atoms with van der Waals surface area (Å²) in [5.74, 6) is 1.65. The van der Waals surface area contributed by atoms with Crippen LogP contribution in [0.25, 0.3) is 0 Å². The topological polar surface area (TPSA) is 108 Å². The first-order valence-corrected chi connectivity index (χ1v) is 11.5. The fourth-order valence-corrected chi connectivity index (χ4v) is 4.56. The van der Waals surface area contributed by atoms with Crippen LogP contribution in [-0.4, -0.2) is 51.9 Å². The number of benzene rings is 1. The maximum absolute atomic E-state index is 13.1. The molecule has 3 rings (SSSR count). The number of carbonyl (C=O) groups excluding carboxylic acids is 1. The fraction of sp³-hybridized carbons (Fsp3) is 0.520. The minimum Gasteiger partial charge on any atom is -0.493 e. The average molecular weight is 457 g/mol. The molecule has 2 aromatic rings. The van der Waals surface area contributed by atoms with Crippen molar-refractivity contribution >= 4 is 5.91 Å². The summed E-state index contributed by atoms with van der Waals surface area (Å²) in [7, 11) is 4.69. The molecule has 0 bridgehead atoms. The van der Waals surface area contributed by atoms with Crippen LogP contribution in [0.4, 0.5) is 0 Å². The molecule has 0 saturated carbocycles. The Morgan fingerprint density at radius 3 is 2.30 bits per heavy atom. The molecule has 1 saturated heterocycles. The van der Waals surface area contributed by atoms with Gasteiger partial charge in [0.2, 0.25) is 11.7 Å². The summed E-state index contributed by atoms with van der Waals surface area (Å²) in [6.45, 7) is 2.77. The molecule has 1 aromatic carbocycles. The molecule has 0 radical (unpaired) electrons. The van der Waals surface area contributed by atoms with E-state index in [1.807, 2.05) is 24.3 Å². The van der Waals surface area contributed by atoms with Crippen molar-refractivity contribution < 1.29 is 19.0 Å². The van der Waals surface area contributed by atoms with Crippen LogP contribution >= 0.6 is 0 Å². The minimum atomic E-state index is -1.09. The second kappa shape index (κ2) is 11.9. The molecule has 8 heteroatoms. The number of carbonyl (C=O) groups is 1. The number of hydrogen-bond acceptors (Lipinski definition) is 7. The van der Waals surface area contributed by atoms with Crippen molar-refractivity contribution in [1.29, 1.82) is 0 Å². The number of piperidine rings is 1. The van der Waals surface area contributed by atoms with Gasteiger partial charge in [0, 0.05) is 12.4 Å². The van der Waals surface area contributed by atoms with Gasteiger partial charge in [0.15, 0.2) is 11.5 Å². The van der Waals surface area contributed by atoms with Gasteiger partial charge in [-0.05, 0) is 93.0 Å².